The van der Waals surface area contributed by atoms with Gasteiger partial charge in [-0.05, 0) is 54.3 Å². The van der Waals surface area contributed by atoms with Crippen LogP contribution in [-0.2, 0) is 17.8 Å². The molecular weight excluding hydrogens is 316 g/mol. The first kappa shape index (κ1) is 16.6. The fourth-order valence-corrected chi connectivity index (χ4v) is 2.73. The maximum Gasteiger partial charge on any atom is 0.303 e. The minimum atomic E-state index is -0.772. The van der Waals surface area contributed by atoms with E-state index in [9.17, 15) is 4.79 Å². The van der Waals surface area contributed by atoms with Gasteiger partial charge < -0.3 is 14.8 Å². The molecule has 0 aliphatic carbocycles. The molecule has 0 saturated heterocycles. The Morgan fingerprint density at radius 1 is 1.20 bits per heavy atom. The topological polar surface area (TPSA) is 86.1 Å². The lowest BCUT2D eigenvalue weighted by molar-refractivity contribution is -0.137. The molecule has 0 aliphatic rings. The first-order valence-electron chi connectivity index (χ1n) is 8.09. The van der Waals surface area contributed by atoms with Crippen LogP contribution in [0.5, 0.6) is 5.75 Å². The van der Waals surface area contributed by atoms with Crippen molar-refractivity contribution in [3.05, 3.63) is 65.4 Å². The summed E-state index contributed by atoms with van der Waals surface area (Å²) in [6.07, 6.45) is 3.42. The van der Waals surface area contributed by atoms with E-state index in [1.165, 1.54) is 0 Å². The van der Waals surface area contributed by atoms with Gasteiger partial charge >= 0.3 is 5.97 Å². The number of aliphatic carboxylic acids is 1. The van der Waals surface area contributed by atoms with Crippen LogP contribution in [0.15, 0.2) is 48.7 Å². The monoisotopic (exact) mass is 334 g/mol. The Balaban J connectivity index is 1.69. The molecule has 1 heterocycles. The number of benzene rings is 2. The molecule has 0 unspecified atom stereocenters. The number of H-pyrrole nitrogens is 1. The van der Waals surface area contributed by atoms with E-state index in [-0.39, 0.29) is 6.42 Å². The molecule has 0 amide bonds. The summed E-state index contributed by atoms with van der Waals surface area (Å²) in [5, 5.41) is 18.6. The molecule has 0 atom stereocenters. The van der Waals surface area contributed by atoms with Crippen molar-refractivity contribution >= 4 is 16.9 Å². The summed E-state index contributed by atoms with van der Waals surface area (Å²) >= 11 is 0. The predicted molar refractivity (Wildman–Crippen MR) is 94.4 cm³/mol. The van der Waals surface area contributed by atoms with Gasteiger partial charge in [0.05, 0.1) is 11.6 Å². The van der Waals surface area contributed by atoms with E-state index in [1.54, 1.807) is 12.1 Å². The fourth-order valence-electron chi connectivity index (χ4n) is 2.73. The molecule has 3 aromatic rings. The zero-order valence-electron chi connectivity index (χ0n) is 13.7. The number of nitrogens with zero attached hydrogens (tertiary/aromatic N) is 1. The number of carboxylic acids is 1. The number of carbonyl (C=O) groups is 1. The number of aromatic nitrogens is 1. The smallest absolute Gasteiger partial charge is 0.303 e. The lowest BCUT2D eigenvalue weighted by Gasteiger charge is -2.07. The molecule has 0 fully saturated rings. The Morgan fingerprint density at radius 3 is 2.72 bits per heavy atom. The standard InChI is InChI=1S/C20H18N2O3/c21-11-14-4-6-15(7-5-14)13-25-17-8-9-19-18(10-17)16(12-22-19)2-1-3-20(23)24/h4-10,12,22H,1-3,13H2,(H,23,24). The summed E-state index contributed by atoms with van der Waals surface area (Å²) in [5.41, 5.74) is 3.73. The Kier molecular flexibility index (Phi) is 5.00. The van der Waals surface area contributed by atoms with Gasteiger partial charge in [0.1, 0.15) is 12.4 Å². The van der Waals surface area contributed by atoms with Crippen LogP contribution in [0.1, 0.15) is 29.5 Å². The Morgan fingerprint density at radius 2 is 2.00 bits per heavy atom. The normalized spacial score (nSPS) is 10.5. The maximum absolute atomic E-state index is 10.7. The van der Waals surface area contributed by atoms with E-state index in [2.05, 4.69) is 11.1 Å². The molecule has 5 heteroatoms. The van der Waals surface area contributed by atoms with Crippen LogP contribution in [0, 0.1) is 11.3 Å². The summed E-state index contributed by atoms with van der Waals surface area (Å²) < 4.78 is 5.85. The van der Waals surface area contributed by atoms with Gasteiger partial charge in [-0.15, -0.1) is 0 Å². The third-order valence-electron chi connectivity index (χ3n) is 4.06. The highest BCUT2D eigenvalue weighted by molar-refractivity contribution is 5.84. The first-order chi connectivity index (χ1) is 12.2. The van der Waals surface area contributed by atoms with Crippen molar-refractivity contribution in [2.75, 3.05) is 0 Å². The minimum absolute atomic E-state index is 0.168. The van der Waals surface area contributed by atoms with Crippen LogP contribution in [0.3, 0.4) is 0 Å². The van der Waals surface area contributed by atoms with Crippen molar-refractivity contribution < 1.29 is 14.6 Å². The third-order valence-corrected chi connectivity index (χ3v) is 4.06. The molecule has 2 aromatic carbocycles. The summed E-state index contributed by atoms with van der Waals surface area (Å²) in [6, 6.07) is 15.2. The number of aromatic amines is 1. The SMILES string of the molecule is N#Cc1ccc(COc2ccc3[nH]cc(CCCC(=O)O)c3c2)cc1. The Hall–Kier alpha value is -3.26. The van der Waals surface area contributed by atoms with Crippen molar-refractivity contribution in [3.63, 3.8) is 0 Å². The highest BCUT2D eigenvalue weighted by Crippen LogP contribution is 2.25. The van der Waals surface area contributed by atoms with E-state index in [4.69, 9.17) is 15.1 Å². The highest BCUT2D eigenvalue weighted by Gasteiger charge is 2.07. The van der Waals surface area contributed by atoms with Gasteiger partial charge in [0, 0.05) is 23.5 Å². The molecule has 0 bridgehead atoms. The first-order valence-corrected chi connectivity index (χ1v) is 8.09. The summed E-state index contributed by atoms with van der Waals surface area (Å²) in [4.78, 5) is 13.9. The molecule has 0 spiro atoms. The van der Waals surface area contributed by atoms with E-state index >= 15 is 0 Å². The second kappa shape index (κ2) is 7.54. The van der Waals surface area contributed by atoms with Crippen molar-refractivity contribution in [3.8, 4) is 11.8 Å². The van der Waals surface area contributed by atoms with Crippen LogP contribution in [-0.4, -0.2) is 16.1 Å². The van der Waals surface area contributed by atoms with Crippen LogP contribution in [0.4, 0.5) is 0 Å². The van der Waals surface area contributed by atoms with Crippen molar-refractivity contribution in [2.45, 2.75) is 25.9 Å². The van der Waals surface area contributed by atoms with E-state index in [0.717, 1.165) is 27.8 Å². The molecule has 0 radical (unpaired) electrons. The van der Waals surface area contributed by atoms with Crippen LogP contribution in [0.25, 0.3) is 10.9 Å². The van der Waals surface area contributed by atoms with Gasteiger partial charge in [-0.2, -0.15) is 5.26 Å². The fraction of sp³-hybridized carbons (Fsp3) is 0.200. The quantitative estimate of drug-likeness (QED) is 0.683. The number of rotatable bonds is 7. The summed E-state index contributed by atoms with van der Waals surface area (Å²) in [7, 11) is 0. The minimum Gasteiger partial charge on any atom is -0.489 e. The second-order valence-corrected chi connectivity index (χ2v) is 5.87. The van der Waals surface area contributed by atoms with E-state index in [1.807, 2.05) is 36.5 Å². The Labute approximate surface area is 145 Å². The zero-order valence-corrected chi connectivity index (χ0v) is 13.7. The molecule has 5 nitrogen and oxygen atoms in total. The lowest BCUT2D eigenvalue weighted by Crippen LogP contribution is -1.96. The van der Waals surface area contributed by atoms with Crippen LogP contribution >= 0.6 is 0 Å². The third kappa shape index (κ3) is 4.18. The average Bonchev–Trinajstić information content (AvgIpc) is 3.02. The number of nitrogens with one attached hydrogen (secondary N) is 1. The number of aryl methyl sites for hydroxylation is 1. The lowest BCUT2D eigenvalue weighted by atomic mass is 10.1. The molecule has 126 valence electrons. The highest BCUT2D eigenvalue weighted by atomic mass is 16.5. The van der Waals surface area contributed by atoms with Crippen molar-refractivity contribution in [1.29, 1.82) is 5.26 Å². The molecule has 2 N–H and O–H groups in total. The molecular formula is C20H18N2O3. The number of hydrogen-bond donors (Lipinski definition) is 2. The van der Waals surface area contributed by atoms with Gasteiger partial charge in [0.2, 0.25) is 0 Å². The number of carboxylic acid groups (broad SMARTS) is 1. The zero-order chi connectivity index (χ0) is 17.6. The van der Waals surface area contributed by atoms with Gasteiger partial charge in [-0.25, -0.2) is 0 Å². The van der Waals surface area contributed by atoms with E-state index in [0.29, 0.717) is 25.0 Å². The van der Waals surface area contributed by atoms with Gasteiger partial charge in [-0.3, -0.25) is 4.79 Å². The van der Waals surface area contributed by atoms with E-state index < -0.39 is 5.97 Å². The summed E-state index contributed by atoms with van der Waals surface area (Å²) in [6.45, 7) is 0.427. The molecule has 1 aromatic heterocycles. The van der Waals surface area contributed by atoms with Gasteiger partial charge in [0.25, 0.3) is 0 Å². The van der Waals surface area contributed by atoms with Gasteiger partial charge in [-0.1, -0.05) is 12.1 Å². The number of hydrogen-bond acceptors (Lipinski definition) is 3. The van der Waals surface area contributed by atoms with Gasteiger partial charge in [0.15, 0.2) is 0 Å². The van der Waals surface area contributed by atoms with Crippen LogP contribution < -0.4 is 4.74 Å². The number of nitriles is 1. The predicted octanol–water partition coefficient (Wildman–Crippen LogP) is 4.03. The Bertz CT molecular complexity index is 920. The number of ether oxygens (including phenoxy) is 1. The number of fused-ring (bicyclic) bond motifs is 1. The van der Waals surface area contributed by atoms with Crippen LogP contribution in [0.2, 0.25) is 0 Å². The van der Waals surface area contributed by atoms with Crippen molar-refractivity contribution in [2.24, 2.45) is 0 Å². The van der Waals surface area contributed by atoms with Crippen molar-refractivity contribution in [1.82, 2.24) is 4.98 Å². The molecule has 0 saturated carbocycles. The summed E-state index contributed by atoms with van der Waals surface area (Å²) in [5.74, 6) is -0.0118. The average molecular weight is 334 g/mol. The second-order valence-electron chi connectivity index (χ2n) is 5.87. The maximum atomic E-state index is 10.7. The molecule has 0 aliphatic heterocycles. The molecule has 25 heavy (non-hydrogen) atoms. The molecule has 3 rings (SSSR count). The largest absolute Gasteiger partial charge is 0.489 e.